The zero-order valence-electron chi connectivity index (χ0n) is 8.54. The highest BCUT2D eigenvalue weighted by molar-refractivity contribution is 7.09. The summed E-state index contributed by atoms with van der Waals surface area (Å²) in [5.74, 6) is 1.32. The maximum Gasteiger partial charge on any atom is 0.229 e. The molecule has 2 aromatic rings. The molecule has 0 radical (unpaired) electrons. The highest BCUT2D eigenvalue weighted by Gasteiger charge is 2.19. The second-order valence-corrected chi connectivity index (χ2v) is 4.42. The maximum atomic E-state index is 5.94. The quantitative estimate of drug-likeness (QED) is 0.858. The molecule has 0 aromatic carbocycles. The lowest BCUT2D eigenvalue weighted by Crippen LogP contribution is -2.13. The molecule has 0 saturated heterocycles. The van der Waals surface area contributed by atoms with E-state index in [1.807, 2.05) is 19.2 Å². The van der Waals surface area contributed by atoms with Gasteiger partial charge in [0, 0.05) is 17.5 Å². The van der Waals surface area contributed by atoms with E-state index in [2.05, 4.69) is 15.1 Å². The molecule has 0 amide bonds. The maximum absolute atomic E-state index is 5.94. The molecule has 15 heavy (non-hydrogen) atoms. The fourth-order valence-corrected chi connectivity index (χ4v) is 1.74. The van der Waals surface area contributed by atoms with Crippen LogP contribution in [0, 0.1) is 0 Å². The molecule has 80 valence electrons. The van der Waals surface area contributed by atoms with Crippen LogP contribution in [-0.4, -0.2) is 15.1 Å². The summed E-state index contributed by atoms with van der Waals surface area (Å²) in [5, 5.41) is 6.52. The van der Waals surface area contributed by atoms with Crippen molar-refractivity contribution in [1.82, 2.24) is 15.1 Å². The second kappa shape index (κ2) is 4.08. The Bertz CT molecular complexity index is 423. The van der Waals surface area contributed by atoms with Gasteiger partial charge >= 0.3 is 0 Å². The fraction of sp³-hybridized carbons (Fsp3) is 0.444. The monoisotopic (exact) mass is 224 g/mol. The molecule has 0 aliphatic heterocycles. The Balaban J connectivity index is 2.23. The van der Waals surface area contributed by atoms with Crippen molar-refractivity contribution in [3.8, 4) is 0 Å². The Kier molecular flexibility index (Phi) is 2.79. The molecule has 2 aromatic heterocycles. The molecule has 5 nitrogen and oxygen atoms in total. The summed E-state index contributed by atoms with van der Waals surface area (Å²) in [6, 6.07) is -0.388. The van der Waals surface area contributed by atoms with Gasteiger partial charge < -0.3 is 10.3 Å². The lowest BCUT2D eigenvalue weighted by molar-refractivity contribution is 0.359. The first-order valence-corrected chi connectivity index (χ1v) is 5.55. The third-order valence-corrected chi connectivity index (χ3v) is 2.81. The minimum absolute atomic E-state index is 0.217. The molecule has 0 spiro atoms. The van der Waals surface area contributed by atoms with Crippen molar-refractivity contribution in [2.45, 2.75) is 25.8 Å². The van der Waals surface area contributed by atoms with E-state index in [4.69, 9.17) is 10.3 Å². The molecule has 0 fully saturated rings. The van der Waals surface area contributed by atoms with E-state index in [0.717, 1.165) is 5.01 Å². The molecule has 0 saturated carbocycles. The first-order chi connectivity index (χ1) is 7.18. The zero-order chi connectivity index (χ0) is 10.8. The van der Waals surface area contributed by atoms with Crippen molar-refractivity contribution in [2.75, 3.05) is 0 Å². The van der Waals surface area contributed by atoms with Crippen LogP contribution >= 0.6 is 11.3 Å². The number of rotatable bonds is 3. The minimum Gasteiger partial charge on any atom is -0.339 e. The van der Waals surface area contributed by atoms with Gasteiger partial charge in [-0.25, -0.2) is 4.98 Å². The molecule has 2 N–H and O–H groups in total. The number of nitrogens with zero attached hydrogens (tertiary/aromatic N) is 3. The molecule has 6 heteroatoms. The zero-order valence-corrected chi connectivity index (χ0v) is 9.36. The van der Waals surface area contributed by atoms with Crippen molar-refractivity contribution < 1.29 is 4.52 Å². The number of aromatic nitrogens is 3. The van der Waals surface area contributed by atoms with Gasteiger partial charge in [-0.3, -0.25) is 0 Å². The van der Waals surface area contributed by atoms with E-state index in [1.165, 1.54) is 11.3 Å². The first-order valence-electron chi connectivity index (χ1n) is 4.67. The van der Waals surface area contributed by atoms with E-state index in [-0.39, 0.29) is 12.0 Å². The van der Waals surface area contributed by atoms with Crippen molar-refractivity contribution in [2.24, 2.45) is 5.73 Å². The van der Waals surface area contributed by atoms with Gasteiger partial charge in [0.25, 0.3) is 0 Å². The summed E-state index contributed by atoms with van der Waals surface area (Å²) in [4.78, 5) is 8.35. The molecule has 2 heterocycles. The lowest BCUT2D eigenvalue weighted by Gasteiger charge is -2.00. The molecular weight excluding hydrogens is 212 g/mol. The van der Waals surface area contributed by atoms with Gasteiger partial charge in [-0.15, -0.1) is 11.3 Å². The Morgan fingerprint density at radius 3 is 2.80 bits per heavy atom. The summed E-state index contributed by atoms with van der Waals surface area (Å²) in [7, 11) is 0. The topological polar surface area (TPSA) is 77.8 Å². The summed E-state index contributed by atoms with van der Waals surface area (Å²) in [6.07, 6.45) is 1.71. The largest absolute Gasteiger partial charge is 0.339 e. The van der Waals surface area contributed by atoms with Crippen LogP contribution < -0.4 is 5.73 Å². The van der Waals surface area contributed by atoms with E-state index in [9.17, 15) is 0 Å². The van der Waals surface area contributed by atoms with Crippen LogP contribution in [0.4, 0.5) is 0 Å². The van der Waals surface area contributed by atoms with Crippen LogP contribution in [0.3, 0.4) is 0 Å². The number of hydrogen-bond donors (Lipinski definition) is 1. The Morgan fingerprint density at radius 1 is 1.47 bits per heavy atom. The van der Waals surface area contributed by atoms with Crippen LogP contribution in [-0.2, 0) is 0 Å². The second-order valence-electron chi connectivity index (χ2n) is 3.49. The van der Waals surface area contributed by atoms with E-state index < -0.39 is 0 Å². The molecule has 0 aliphatic rings. The predicted molar refractivity (Wildman–Crippen MR) is 56.5 cm³/mol. The van der Waals surface area contributed by atoms with Crippen LogP contribution in [0.5, 0.6) is 0 Å². The molecule has 2 rings (SSSR count). The van der Waals surface area contributed by atoms with Gasteiger partial charge in [-0.2, -0.15) is 4.98 Å². The van der Waals surface area contributed by atoms with Crippen LogP contribution in [0.2, 0.25) is 0 Å². The highest BCUT2D eigenvalue weighted by Crippen LogP contribution is 2.20. The Hall–Kier alpha value is -1.27. The Morgan fingerprint density at radius 2 is 2.27 bits per heavy atom. The average molecular weight is 224 g/mol. The van der Waals surface area contributed by atoms with Gasteiger partial charge in [0.15, 0.2) is 5.82 Å². The van der Waals surface area contributed by atoms with Crippen molar-refractivity contribution >= 4 is 11.3 Å². The Labute approximate surface area is 91.3 Å². The van der Waals surface area contributed by atoms with Gasteiger partial charge in [0.2, 0.25) is 5.89 Å². The van der Waals surface area contributed by atoms with Crippen molar-refractivity contribution in [3.63, 3.8) is 0 Å². The van der Waals surface area contributed by atoms with Gasteiger partial charge in [0.1, 0.15) is 11.0 Å². The average Bonchev–Trinajstić information content (AvgIpc) is 2.88. The van der Waals surface area contributed by atoms with E-state index in [1.54, 1.807) is 6.20 Å². The SMILES string of the molecule is CC(C)c1nc(C(N)c2nccs2)no1. The van der Waals surface area contributed by atoms with Gasteiger partial charge in [-0.05, 0) is 0 Å². The molecule has 1 atom stereocenters. The fourth-order valence-electron chi connectivity index (χ4n) is 1.11. The normalized spacial score (nSPS) is 13.3. The van der Waals surface area contributed by atoms with Crippen LogP contribution in [0.15, 0.2) is 16.1 Å². The first kappa shape index (κ1) is 10.3. The summed E-state index contributed by atoms with van der Waals surface area (Å²) >= 11 is 1.49. The number of hydrogen-bond acceptors (Lipinski definition) is 6. The standard InChI is InChI=1S/C9H12N4OS/c1-5(2)8-12-7(13-14-8)6(10)9-11-3-4-15-9/h3-6H,10H2,1-2H3. The van der Waals surface area contributed by atoms with Crippen LogP contribution in [0.1, 0.15) is 42.5 Å². The molecule has 0 aliphatic carbocycles. The van der Waals surface area contributed by atoms with Crippen molar-refractivity contribution in [1.29, 1.82) is 0 Å². The predicted octanol–water partition coefficient (Wildman–Crippen LogP) is 1.70. The summed E-state index contributed by atoms with van der Waals surface area (Å²) in [5.41, 5.74) is 5.94. The number of nitrogens with two attached hydrogens (primary N) is 1. The van der Waals surface area contributed by atoms with Crippen molar-refractivity contribution in [3.05, 3.63) is 28.3 Å². The lowest BCUT2D eigenvalue weighted by atomic mass is 10.2. The highest BCUT2D eigenvalue weighted by atomic mass is 32.1. The summed E-state index contributed by atoms with van der Waals surface area (Å²) in [6.45, 7) is 3.98. The molecule has 0 bridgehead atoms. The summed E-state index contributed by atoms with van der Waals surface area (Å²) < 4.78 is 5.08. The van der Waals surface area contributed by atoms with Crippen LogP contribution in [0.25, 0.3) is 0 Å². The molecular formula is C9H12N4OS. The van der Waals surface area contributed by atoms with E-state index >= 15 is 0 Å². The molecule has 1 unspecified atom stereocenters. The smallest absolute Gasteiger partial charge is 0.229 e. The van der Waals surface area contributed by atoms with E-state index in [0.29, 0.717) is 11.7 Å². The third kappa shape index (κ3) is 2.05. The number of thiazole rings is 1. The third-order valence-electron chi connectivity index (χ3n) is 1.95. The van der Waals surface area contributed by atoms with Gasteiger partial charge in [0.05, 0.1) is 0 Å². The van der Waals surface area contributed by atoms with Gasteiger partial charge in [-0.1, -0.05) is 19.0 Å². The minimum atomic E-state index is -0.388.